The molecule has 4 N–H and O–H groups in total. The van der Waals surface area contributed by atoms with Gasteiger partial charge in [-0.3, -0.25) is 0 Å². The molecule has 0 saturated carbocycles. The first-order valence-corrected chi connectivity index (χ1v) is 9.06. The summed E-state index contributed by atoms with van der Waals surface area (Å²) in [7, 11) is 0. The highest BCUT2D eigenvalue weighted by Crippen LogP contribution is 2.35. The topological polar surface area (TPSA) is 130 Å². The molecule has 2 aromatic carbocycles. The summed E-state index contributed by atoms with van der Waals surface area (Å²) in [5.41, 5.74) is -1.01. The fraction of sp³-hybridized carbons (Fsp3) is 0.350. The predicted octanol–water partition coefficient (Wildman–Crippen LogP) is 0.712. The van der Waals surface area contributed by atoms with Crippen LogP contribution in [0.15, 0.2) is 33.5 Å². The van der Waals surface area contributed by atoms with Crippen LogP contribution in [0.1, 0.15) is 5.56 Å². The molecule has 3 aromatic rings. The zero-order valence-corrected chi connectivity index (χ0v) is 15.6. The predicted molar refractivity (Wildman–Crippen MR) is 99.0 cm³/mol. The molecule has 30 heavy (non-hydrogen) atoms. The number of aliphatic hydroxyl groups is 4. The van der Waals surface area contributed by atoms with Crippen molar-refractivity contribution in [1.82, 2.24) is 0 Å². The van der Waals surface area contributed by atoms with Gasteiger partial charge < -0.3 is 34.3 Å². The molecule has 2 heterocycles. The second-order valence-electron chi connectivity index (χ2n) is 7.08. The fourth-order valence-corrected chi connectivity index (χ4v) is 3.59. The highest BCUT2D eigenvalue weighted by Gasteiger charge is 2.45. The van der Waals surface area contributed by atoms with E-state index < -0.39 is 65.9 Å². The Kier molecular flexibility index (Phi) is 5.20. The Bertz CT molecular complexity index is 1180. The third kappa shape index (κ3) is 3.13. The molecule has 0 unspecified atom stereocenters. The van der Waals surface area contributed by atoms with Gasteiger partial charge in [-0.15, -0.1) is 0 Å². The van der Waals surface area contributed by atoms with E-state index in [1.54, 1.807) is 19.1 Å². The first kappa shape index (κ1) is 20.6. The Hall–Kier alpha value is -2.63. The summed E-state index contributed by atoms with van der Waals surface area (Å²) >= 11 is 0. The van der Waals surface area contributed by atoms with E-state index in [0.717, 1.165) is 0 Å². The summed E-state index contributed by atoms with van der Waals surface area (Å²) < 4.78 is 45.3. The lowest BCUT2D eigenvalue weighted by Gasteiger charge is -2.39. The minimum atomic E-state index is -1.83. The number of aryl methyl sites for hydroxylation is 1. The van der Waals surface area contributed by atoms with Gasteiger partial charge in [0.25, 0.3) is 0 Å². The Morgan fingerprint density at radius 2 is 1.83 bits per heavy atom. The van der Waals surface area contributed by atoms with Gasteiger partial charge in [0.1, 0.15) is 30.2 Å². The average Bonchev–Trinajstić information content (AvgIpc) is 2.71. The number of hydrogen-bond acceptors (Lipinski definition) is 8. The molecule has 5 atom stereocenters. The van der Waals surface area contributed by atoms with Crippen molar-refractivity contribution in [3.8, 4) is 5.75 Å². The average molecular weight is 424 g/mol. The van der Waals surface area contributed by atoms with E-state index in [9.17, 15) is 29.6 Å². The van der Waals surface area contributed by atoms with Crippen molar-refractivity contribution in [2.75, 3.05) is 6.61 Å². The Morgan fingerprint density at radius 1 is 1.10 bits per heavy atom. The number of halogens is 2. The smallest absolute Gasteiger partial charge is 0.344 e. The molecule has 0 amide bonds. The molecule has 4 rings (SSSR count). The molecular formula is C20H18F2O8. The van der Waals surface area contributed by atoms with Crippen molar-refractivity contribution in [3.05, 3.63) is 51.9 Å². The maximum atomic E-state index is 15.1. The standard InChI is InChI=1S/C20H18F2O8/c1-7-3-2-4-8-12(7)19(27)30-18-13(8)9(21)5-10(14(18)22)28-20-17(26)16(25)15(24)11(6-23)29-20/h2-5,11,15-17,20,23-26H,6H2,1H3/t11-,15-,16+,17-,20-/m1/s1. The molecule has 10 heteroatoms. The third-order valence-corrected chi connectivity index (χ3v) is 5.17. The van der Waals surface area contributed by atoms with E-state index in [-0.39, 0.29) is 16.2 Å². The van der Waals surface area contributed by atoms with Crippen LogP contribution < -0.4 is 10.4 Å². The fourth-order valence-electron chi connectivity index (χ4n) is 3.59. The Balaban J connectivity index is 1.83. The lowest BCUT2D eigenvalue weighted by atomic mass is 9.99. The molecule has 1 aromatic heterocycles. The van der Waals surface area contributed by atoms with Crippen LogP contribution in [0.4, 0.5) is 8.78 Å². The van der Waals surface area contributed by atoms with E-state index in [2.05, 4.69) is 0 Å². The summed E-state index contributed by atoms with van der Waals surface area (Å²) in [4.78, 5) is 12.3. The second-order valence-corrected chi connectivity index (χ2v) is 7.08. The Labute approximate surface area is 167 Å². The third-order valence-electron chi connectivity index (χ3n) is 5.17. The van der Waals surface area contributed by atoms with Gasteiger partial charge in [0.05, 0.1) is 17.4 Å². The van der Waals surface area contributed by atoms with Crippen LogP contribution in [-0.2, 0) is 4.74 Å². The number of fused-ring (bicyclic) bond motifs is 3. The molecule has 1 aliphatic heterocycles. The summed E-state index contributed by atoms with van der Waals surface area (Å²) in [6, 6.07) is 5.38. The number of aliphatic hydroxyl groups excluding tert-OH is 4. The van der Waals surface area contributed by atoms with Gasteiger partial charge in [0.2, 0.25) is 12.1 Å². The maximum Gasteiger partial charge on any atom is 0.344 e. The van der Waals surface area contributed by atoms with Crippen LogP contribution in [0.25, 0.3) is 21.7 Å². The minimum Gasteiger partial charge on any atom is -0.459 e. The monoisotopic (exact) mass is 424 g/mol. The van der Waals surface area contributed by atoms with Gasteiger partial charge in [0, 0.05) is 11.5 Å². The van der Waals surface area contributed by atoms with Crippen LogP contribution in [0, 0.1) is 18.6 Å². The lowest BCUT2D eigenvalue weighted by Crippen LogP contribution is -2.60. The number of ether oxygens (including phenoxy) is 2. The number of hydrogen-bond donors (Lipinski definition) is 4. The van der Waals surface area contributed by atoms with Crippen molar-refractivity contribution >= 4 is 21.7 Å². The lowest BCUT2D eigenvalue weighted by molar-refractivity contribution is -0.277. The SMILES string of the molecule is Cc1cccc2c1c(=O)oc1c(F)c(O[C@@H]3O[C@H](CO)[C@@H](O)[C@H](O)[C@H]3O)cc(F)c12. The van der Waals surface area contributed by atoms with E-state index in [0.29, 0.717) is 11.6 Å². The minimum absolute atomic E-state index is 0.117. The quantitative estimate of drug-likeness (QED) is 0.357. The largest absolute Gasteiger partial charge is 0.459 e. The normalized spacial score (nSPS) is 27.0. The van der Waals surface area contributed by atoms with Gasteiger partial charge in [-0.25, -0.2) is 9.18 Å². The van der Waals surface area contributed by atoms with E-state index >= 15 is 4.39 Å². The van der Waals surface area contributed by atoms with Crippen LogP contribution >= 0.6 is 0 Å². The van der Waals surface area contributed by atoms with Gasteiger partial charge in [-0.1, -0.05) is 18.2 Å². The first-order chi connectivity index (χ1) is 14.2. The zero-order valence-electron chi connectivity index (χ0n) is 15.6. The van der Waals surface area contributed by atoms with Crippen molar-refractivity contribution in [3.63, 3.8) is 0 Å². The molecule has 1 saturated heterocycles. The molecule has 8 nitrogen and oxygen atoms in total. The maximum absolute atomic E-state index is 15.1. The van der Waals surface area contributed by atoms with Crippen LogP contribution in [-0.4, -0.2) is 57.7 Å². The van der Waals surface area contributed by atoms with E-state index in [4.69, 9.17) is 13.9 Å². The summed E-state index contributed by atoms with van der Waals surface area (Å²) in [6.45, 7) is 0.912. The second kappa shape index (κ2) is 7.56. The highest BCUT2D eigenvalue weighted by atomic mass is 19.1. The molecule has 1 aliphatic rings. The van der Waals surface area contributed by atoms with Crippen LogP contribution in [0.5, 0.6) is 5.75 Å². The van der Waals surface area contributed by atoms with E-state index in [1.807, 2.05) is 0 Å². The Morgan fingerprint density at radius 3 is 2.53 bits per heavy atom. The number of rotatable bonds is 3. The highest BCUT2D eigenvalue weighted by molar-refractivity contribution is 6.06. The number of benzene rings is 2. The molecule has 0 spiro atoms. The van der Waals surface area contributed by atoms with Crippen molar-refractivity contribution in [2.45, 2.75) is 37.6 Å². The molecule has 0 bridgehead atoms. The van der Waals surface area contributed by atoms with Crippen molar-refractivity contribution < 1.29 is 43.1 Å². The first-order valence-electron chi connectivity index (χ1n) is 9.06. The zero-order chi connectivity index (χ0) is 21.7. The molecular weight excluding hydrogens is 406 g/mol. The van der Waals surface area contributed by atoms with Gasteiger partial charge in [0.15, 0.2) is 11.3 Å². The summed E-state index contributed by atoms with van der Waals surface area (Å²) in [5.74, 6) is -2.92. The summed E-state index contributed by atoms with van der Waals surface area (Å²) in [6.07, 6.45) is -8.27. The van der Waals surface area contributed by atoms with Gasteiger partial charge >= 0.3 is 5.63 Å². The van der Waals surface area contributed by atoms with E-state index in [1.165, 1.54) is 6.07 Å². The summed E-state index contributed by atoms with van der Waals surface area (Å²) in [5, 5.41) is 38.9. The molecule has 0 radical (unpaired) electrons. The molecule has 160 valence electrons. The van der Waals surface area contributed by atoms with Gasteiger partial charge in [-0.2, -0.15) is 4.39 Å². The molecule has 0 aliphatic carbocycles. The van der Waals surface area contributed by atoms with Crippen molar-refractivity contribution in [2.24, 2.45) is 0 Å². The molecule has 1 fully saturated rings. The van der Waals surface area contributed by atoms with Crippen molar-refractivity contribution in [1.29, 1.82) is 0 Å². The van der Waals surface area contributed by atoms with Crippen LogP contribution in [0.2, 0.25) is 0 Å². The van der Waals surface area contributed by atoms with Crippen LogP contribution in [0.3, 0.4) is 0 Å². The van der Waals surface area contributed by atoms with Gasteiger partial charge in [-0.05, 0) is 12.5 Å².